The molecule has 2 heterocycles. The lowest BCUT2D eigenvalue weighted by atomic mass is 10.2. The van der Waals surface area contributed by atoms with Crippen molar-refractivity contribution < 1.29 is 9.32 Å². The molecular weight excluding hydrogens is 392 g/mol. The molecule has 0 spiro atoms. The minimum atomic E-state index is -0.270. The molecule has 8 heteroatoms. The van der Waals surface area contributed by atoms with Crippen molar-refractivity contribution in [3.05, 3.63) is 83.4 Å². The predicted octanol–water partition coefficient (Wildman–Crippen LogP) is 5.13. The van der Waals surface area contributed by atoms with Crippen molar-refractivity contribution in [3.8, 4) is 0 Å². The maximum atomic E-state index is 12.3. The molecule has 4 aromatic rings. The Labute approximate surface area is 179 Å². The third-order valence-electron chi connectivity index (χ3n) is 4.57. The zero-order valence-electron chi connectivity index (χ0n) is 17.4. The van der Waals surface area contributed by atoms with Gasteiger partial charge < -0.3 is 20.5 Å². The highest BCUT2D eigenvalue weighted by molar-refractivity contribution is 6.04. The number of hydrogen-bond donors (Lipinski definition) is 3. The van der Waals surface area contributed by atoms with Crippen LogP contribution in [0, 0.1) is 20.8 Å². The summed E-state index contributed by atoms with van der Waals surface area (Å²) >= 11 is 0. The summed E-state index contributed by atoms with van der Waals surface area (Å²) in [6.07, 6.45) is 1.40. The lowest BCUT2D eigenvalue weighted by Gasteiger charge is -2.11. The van der Waals surface area contributed by atoms with Crippen LogP contribution in [0.5, 0.6) is 0 Å². The van der Waals surface area contributed by atoms with Crippen molar-refractivity contribution in [1.82, 2.24) is 15.1 Å². The van der Waals surface area contributed by atoms with Gasteiger partial charge in [-0.1, -0.05) is 22.9 Å². The summed E-state index contributed by atoms with van der Waals surface area (Å²) in [7, 11) is 0. The molecular formula is C23H22N6O2. The number of anilines is 5. The van der Waals surface area contributed by atoms with E-state index in [-0.39, 0.29) is 5.91 Å². The number of nitrogens with one attached hydrogen (secondary N) is 3. The highest BCUT2D eigenvalue weighted by Gasteiger charge is 2.13. The van der Waals surface area contributed by atoms with E-state index in [4.69, 9.17) is 4.52 Å². The SMILES string of the molecule is Cc1ccc(Nc2cc(C)nc(Nc3ccc(NC(=O)c4cnoc4C)cc3)n2)cc1. The van der Waals surface area contributed by atoms with Gasteiger partial charge in [-0.2, -0.15) is 4.98 Å². The van der Waals surface area contributed by atoms with E-state index in [2.05, 4.69) is 31.1 Å². The van der Waals surface area contributed by atoms with Gasteiger partial charge in [0.1, 0.15) is 17.1 Å². The molecule has 0 aliphatic rings. The molecule has 0 radical (unpaired) electrons. The first-order valence-electron chi connectivity index (χ1n) is 9.75. The summed E-state index contributed by atoms with van der Waals surface area (Å²) in [5, 5.41) is 12.9. The number of aryl methyl sites for hydroxylation is 3. The average Bonchev–Trinajstić information content (AvgIpc) is 3.17. The maximum Gasteiger partial charge on any atom is 0.260 e. The average molecular weight is 414 g/mol. The van der Waals surface area contributed by atoms with Gasteiger partial charge in [-0.15, -0.1) is 0 Å². The molecule has 2 aromatic carbocycles. The molecule has 0 unspecified atom stereocenters. The molecule has 0 bridgehead atoms. The Kier molecular flexibility index (Phi) is 5.61. The van der Waals surface area contributed by atoms with Crippen LogP contribution in [0.2, 0.25) is 0 Å². The minimum absolute atomic E-state index is 0.270. The number of carbonyl (C=O) groups excluding carboxylic acids is 1. The fourth-order valence-corrected chi connectivity index (χ4v) is 2.95. The van der Waals surface area contributed by atoms with Crippen molar-refractivity contribution in [1.29, 1.82) is 0 Å². The number of aromatic nitrogens is 3. The van der Waals surface area contributed by atoms with Crippen LogP contribution < -0.4 is 16.0 Å². The molecule has 0 aliphatic heterocycles. The van der Waals surface area contributed by atoms with E-state index in [1.54, 1.807) is 19.1 Å². The Balaban J connectivity index is 1.44. The fourth-order valence-electron chi connectivity index (χ4n) is 2.95. The molecule has 0 saturated carbocycles. The summed E-state index contributed by atoms with van der Waals surface area (Å²) < 4.78 is 4.93. The number of amides is 1. The van der Waals surface area contributed by atoms with Gasteiger partial charge in [0.15, 0.2) is 0 Å². The molecule has 0 saturated heterocycles. The second-order valence-electron chi connectivity index (χ2n) is 7.16. The van der Waals surface area contributed by atoms with Crippen molar-refractivity contribution in [3.63, 3.8) is 0 Å². The summed E-state index contributed by atoms with van der Waals surface area (Å²) in [6.45, 7) is 5.66. The zero-order chi connectivity index (χ0) is 21.8. The van der Waals surface area contributed by atoms with Gasteiger partial charge in [-0.25, -0.2) is 4.98 Å². The minimum Gasteiger partial charge on any atom is -0.361 e. The van der Waals surface area contributed by atoms with Crippen LogP contribution in [0.15, 0.2) is 65.3 Å². The maximum absolute atomic E-state index is 12.3. The Hall–Kier alpha value is -4.20. The molecule has 156 valence electrons. The van der Waals surface area contributed by atoms with Crippen LogP contribution in [0.1, 0.15) is 27.4 Å². The molecule has 8 nitrogen and oxygen atoms in total. The van der Waals surface area contributed by atoms with Crippen molar-refractivity contribution >= 4 is 34.7 Å². The van der Waals surface area contributed by atoms with Crippen LogP contribution in [0.4, 0.5) is 28.8 Å². The largest absolute Gasteiger partial charge is 0.361 e. The number of rotatable bonds is 6. The second kappa shape index (κ2) is 8.66. The molecule has 31 heavy (non-hydrogen) atoms. The monoisotopic (exact) mass is 414 g/mol. The molecule has 4 rings (SSSR count). The van der Waals surface area contributed by atoms with Crippen molar-refractivity contribution in [2.45, 2.75) is 20.8 Å². The second-order valence-corrected chi connectivity index (χ2v) is 7.16. The molecule has 1 amide bonds. The number of benzene rings is 2. The van der Waals surface area contributed by atoms with E-state index in [0.717, 1.165) is 17.1 Å². The van der Waals surface area contributed by atoms with Crippen LogP contribution in [-0.2, 0) is 0 Å². The number of hydrogen-bond acceptors (Lipinski definition) is 7. The van der Waals surface area contributed by atoms with E-state index in [1.165, 1.54) is 11.8 Å². The van der Waals surface area contributed by atoms with E-state index >= 15 is 0 Å². The highest BCUT2D eigenvalue weighted by atomic mass is 16.5. The van der Waals surface area contributed by atoms with Crippen LogP contribution >= 0.6 is 0 Å². The first-order valence-corrected chi connectivity index (χ1v) is 9.75. The first kappa shape index (κ1) is 20.1. The Morgan fingerprint density at radius 3 is 2.16 bits per heavy atom. The third-order valence-corrected chi connectivity index (χ3v) is 4.57. The zero-order valence-corrected chi connectivity index (χ0v) is 17.4. The molecule has 0 atom stereocenters. The van der Waals surface area contributed by atoms with E-state index < -0.39 is 0 Å². The van der Waals surface area contributed by atoms with Gasteiger partial charge in [0.05, 0.1) is 6.20 Å². The van der Waals surface area contributed by atoms with Gasteiger partial charge in [0.2, 0.25) is 5.95 Å². The third kappa shape index (κ3) is 5.05. The number of nitrogens with zero attached hydrogens (tertiary/aromatic N) is 3. The molecule has 0 aliphatic carbocycles. The lowest BCUT2D eigenvalue weighted by molar-refractivity contribution is 0.102. The van der Waals surface area contributed by atoms with E-state index in [1.807, 2.05) is 56.3 Å². The molecule has 2 aromatic heterocycles. The van der Waals surface area contributed by atoms with Gasteiger partial charge >= 0.3 is 0 Å². The number of carbonyl (C=O) groups is 1. The smallest absolute Gasteiger partial charge is 0.260 e. The standard InChI is InChI=1S/C23H22N6O2/c1-14-4-6-17(7-5-14)26-21-12-15(2)25-23(29-21)28-19-10-8-18(9-11-19)27-22(30)20-13-24-31-16(20)3/h4-13H,1-3H3,(H,27,30)(H2,25,26,28,29). The van der Waals surface area contributed by atoms with Crippen LogP contribution in [0.3, 0.4) is 0 Å². The van der Waals surface area contributed by atoms with Gasteiger partial charge in [0.25, 0.3) is 5.91 Å². The van der Waals surface area contributed by atoms with Gasteiger partial charge in [-0.3, -0.25) is 4.79 Å². The Morgan fingerprint density at radius 2 is 1.48 bits per heavy atom. The summed E-state index contributed by atoms with van der Waals surface area (Å²) in [4.78, 5) is 21.3. The quantitative estimate of drug-likeness (QED) is 0.402. The van der Waals surface area contributed by atoms with E-state index in [9.17, 15) is 4.79 Å². The van der Waals surface area contributed by atoms with Gasteiger partial charge in [0, 0.05) is 28.8 Å². The topological polar surface area (TPSA) is 105 Å². The summed E-state index contributed by atoms with van der Waals surface area (Å²) in [5.41, 5.74) is 4.85. The fraction of sp³-hybridized carbons (Fsp3) is 0.130. The van der Waals surface area contributed by atoms with Gasteiger partial charge in [-0.05, 0) is 57.2 Å². The van der Waals surface area contributed by atoms with E-state index in [0.29, 0.717) is 28.8 Å². The Bertz CT molecular complexity index is 1200. The molecule has 3 N–H and O–H groups in total. The lowest BCUT2D eigenvalue weighted by Crippen LogP contribution is -2.12. The Morgan fingerprint density at radius 1 is 0.839 bits per heavy atom. The first-order chi connectivity index (χ1) is 15.0. The highest BCUT2D eigenvalue weighted by Crippen LogP contribution is 2.21. The molecule has 0 fully saturated rings. The van der Waals surface area contributed by atoms with Crippen molar-refractivity contribution in [2.75, 3.05) is 16.0 Å². The van der Waals surface area contributed by atoms with Crippen molar-refractivity contribution in [2.24, 2.45) is 0 Å². The summed E-state index contributed by atoms with van der Waals surface area (Å²) in [6, 6.07) is 17.3. The van der Waals surface area contributed by atoms with Crippen LogP contribution in [0.25, 0.3) is 0 Å². The summed E-state index contributed by atoms with van der Waals surface area (Å²) in [5.74, 6) is 1.38. The predicted molar refractivity (Wildman–Crippen MR) is 120 cm³/mol. The normalized spacial score (nSPS) is 10.5. The van der Waals surface area contributed by atoms with Crippen LogP contribution in [-0.4, -0.2) is 21.0 Å².